The van der Waals surface area contributed by atoms with Gasteiger partial charge in [0.15, 0.2) is 0 Å². The average molecular weight is 665 g/mol. The lowest BCUT2D eigenvalue weighted by Gasteiger charge is -2.41. The van der Waals surface area contributed by atoms with Crippen molar-refractivity contribution < 1.29 is 8.42 Å². The summed E-state index contributed by atoms with van der Waals surface area (Å²) in [6, 6.07) is 49.2. The molecule has 0 fully saturated rings. The SMILES string of the molecule is C[Si]1(C)c2ccccc2N(c2ccc(S(=O)(=O)c3ccc(N4c5ccccc5[Si](C)(C)c5ccccc54)cc3)cc2)c2ccccc21. The summed E-state index contributed by atoms with van der Waals surface area (Å²) in [6.45, 7) is 9.59. The van der Waals surface area contributed by atoms with E-state index in [4.69, 9.17) is 0 Å². The number of para-hydroxylation sites is 4. The number of benzene rings is 6. The van der Waals surface area contributed by atoms with Gasteiger partial charge in [-0.2, -0.15) is 0 Å². The Balaban J connectivity index is 1.14. The molecule has 0 spiro atoms. The van der Waals surface area contributed by atoms with Crippen molar-refractivity contribution in [2.24, 2.45) is 0 Å². The lowest BCUT2D eigenvalue weighted by Crippen LogP contribution is -2.58. The van der Waals surface area contributed by atoms with Crippen molar-refractivity contribution in [2.75, 3.05) is 9.80 Å². The molecule has 8 rings (SSSR count). The van der Waals surface area contributed by atoms with Crippen LogP contribution in [0, 0.1) is 0 Å². The molecule has 0 aromatic heterocycles. The molecule has 7 heteroatoms. The number of fused-ring (bicyclic) bond motifs is 4. The first-order chi connectivity index (χ1) is 22.6. The summed E-state index contributed by atoms with van der Waals surface area (Å²) < 4.78 is 27.9. The Kier molecular flexibility index (Phi) is 6.74. The maximum absolute atomic E-state index is 14.0. The highest BCUT2D eigenvalue weighted by Crippen LogP contribution is 2.40. The minimum absolute atomic E-state index is 0.281. The van der Waals surface area contributed by atoms with E-state index in [9.17, 15) is 8.42 Å². The fourth-order valence-corrected chi connectivity index (χ4v) is 14.8. The van der Waals surface area contributed by atoms with Crippen molar-refractivity contribution in [3.63, 3.8) is 0 Å². The van der Waals surface area contributed by atoms with E-state index in [0.717, 1.165) is 11.4 Å². The zero-order chi connectivity index (χ0) is 32.6. The normalized spacial score (nSPS) is 15.7. The molecule has 0 saturated heterocycles. The minimum Gasteiger partial charge on any atom is -0.311 e. The van der Waals surface area contributed by atoms with Crippen LogP contribution in [0.2, 0.25) is 26.2 Å². The predicted molar refractivity (Wildman–Crippen MR) is 201 cm³/mol. The molecular formula is C40H36N2O2SSi2. The van der Waals surface area contributed by atoms with Crippen LogP contribution < -0.4 is 30.5 Å². The Hall–Kier alpha value is -4.70. The third-order valence-corrected chi connectivity index (χ3v) is 18.9. The Morgan fingerprint density at radius 3 is 0.915 bits per heavy atom. The van der Waals surface area contributed by atoms with Gasteiger partial charge in [-0.1, -0.05) is 99.0 Å². The van der Waals surface area contributed by atoms with Gasteiger partial charge in [0.05, 0.1) is 9.79 Å². The third-order valence-electron chi connectivity index (χ3n) is 10.1. The summed E-state index contributed by atoms with van der Waals surface area (Å²) in [5, 5.41) is 5.50. The van der Waals surface area contributed by atoms with Gasteiger partial charge in [-0.05, 0) is 93.5 Å². The molecule has 0 bridgehead atoms. The van der Waals surface area contributed by atoms with Gasteiger partial charge in [0.1, 0.15) is 16.1 Å². The van der Waals surface area contributed by atoms with E-state index in [-0.39, 0.29) is 9.79 Å². The molecule has 2 heterocycles. The summed E-state index contributed by atoms with van der Waals surface area (Å²) in [4.78, 5) is 5.10. The molecule has 2 aliphatic heterocycles. The number of nitrogens with zero attached hydrogens (tertiary/aromatic N) is 2. The molecule has 232 valence electrons. The van der Waals surface area contributed by atoms with Crippen LogP contribution >= 0.6 is 0 Å². The minimum atomic E-state index is -3.74. The largest absolute Gasteiger partial charge is 0.311 e. The van der Waals surface area contributed by atoms with Gasteiger partial charge in [-0.25, -0.2) is 8.42 Å². The Morgan fingerprint density at radius 2 is 0.638 bits per heavy atom. The molecule has 0 aliphatic carbocycles. The van der Waals surface area contributed by atoms with Crippen LogP contribution in [0.25, 0.3) is 0 Å². The van der Waals surface area contributed by atoms with E-state index < -0.39 is 26.0 Å². The monoisotopic (exact) mass is 664 g/mol. The Labute approximate surface area is 279 Å². The molecule has 0 N–H and O–H groups in total. The highest BCUT2D eigenvalue weighted by atomic mass is 32.2. The Bertz CT molecular complexity index is 2030. The van der Waals surface area contributed by atoms with E-state index in [1.54, 1.807) is 24.3 Å². The number of sulfone groups is 1. The first-order valence-corrected chi connectivity index (χ1v) is 23.5. The summed E-state index contributed by atoms with van der Waals surface area (Å²) in [5.74, 6) is 0. The summed E-state index contributed by atoms with van der Waals surface area (Å²) >= 11 is 0. The van der Waals surface area contributed by atoms with E-state index in [0.29, 0.717) is 0 Å². The molecule has 47 heavy (non-hydrogen) atoms. The standard InChI is InChI=1S/C40H36N2O2SSi2/c1-46(2)37-17-9-5-13-33(37)41(34-14-6-10-18-38(34)46)29-21-25-31(26-22-29)45(43,44)32-27-23-30(24-28-32)42-35-15-7-11-19-39(35)47(3,4)40-20-12-8-16-36(40)42/h5-28H,1-4H3. The smallest absolute Gasteiger partial charge is 0.206 e. The van der Waals surface area contributed by atoms with Crippen LogP contribution in [-0.4, -0.2) is 24.6 Å². The number of rotatable bonds is 4. The van der Waals surface area contributed by atoms with Gasteiger partial charge in [-0.15, -0.1) is 0 Å². The van der Waals surface area contributed by atoms with Gasteiger partial charge < -0.3 is 9.80 Å². The Morgan fingerprint density at radius 1 is 0.383 bits per heavy atom. The number of hydrogen-bond donors (Lipinski definition) is 0. The van der Waals surface area contributed by atoms with E-state index >= 15 is 0 Å². The van der Waals surface area contributed by atoms with Crippen LogP contribution in [-0.2, 0) is 9.84 Å². The van der Waals surface area contributed by atoms with Crippen molar-refractivity contribution in [1.82, 2.24) is 0 Å². The second-order valence-corrected chi connectivity index (χ2v) is 24.1. The van der Waals surface area contributed by atoms with Crippen LogP contribution in [0.15, 0.2) is 155 Å². The molecule has 0 amide bonds. The van der Waals surface area contributed by atoms with Crippen LogP contribution in [0.3, 0.4) is 0 Å². The quantitative estimate of drug-likeness (QED) is 0.181. The van der Waals surface area contributed by atoms with Crippen molar-refractivity contribution in [2.45, 2.75) is 36.0 Å². The first-order valence-electron chi connectivity index (χ1n) is 16.0. The number of anilines is 6. The fourth-order valence-electron chi connectivity index (χ4n) is 7.58. The van der Waals surface area contributed by atoms with Crippen molar-refractivity contribution in [3.05, 3.63) is 146 Å². The zero-order valence-electron chi connectivity index (χ0n) is 27.0. The molecule has 6 aromatic carbocycles. The van der Waals surface area contributed by atoms with Crippen LogP contribution in [0.4, 0.5) is 34.1 Å². The maximum atomic E-state index is 14.0. The van der Waals surface area contributed by atoms with Gasteiger partial charge in [-0.3, -0.25) is 0 Å². The molecule has 4 nitrogen and oxygen atoms in total. The van der Waals surface area contributed by atoms with E-state index in [2.05, 4.69) is 133 Å². The van der Waals surface area contributed by atoms with Crippen LogP contribution in [0.5, 0.6) is 0 Å². The van der Waals surface area contributed by atoms with Gasteiger partial charge in [0, 0.05) is 34.1 Å². The second-order valence-electron chi connectivity index (χ2n) is 13.5. The maximum Gasteiger partial charge on any atom is 0.206 e. The third kappa shape index (κ3) is 4.48. The highest BCUT2D eigenvalue weighted by molar-refractivity contribution is 7.91. The molecule has 0 unspecified atom stereocenters. The van der Waals surface area contributed by atoms with E-state index in [1.807, 2.05) is 24.3 Å². The molecule has 2 aliphatic rings. The lowest BCUT2D eigenvalue weighted by atomic mass is 10.2. The van der Waals surface area contributed by atoms with Crippen molar-refractivity contribution in [3.8, 4) is 0 Å². The molecular weight excluding hydrogens is 629 g/mol. The number of hydrogen-bond acceptors (Lipinski definition) is 4. The van der Waals surface area contributed by atoms with Gasteiger partial charge >= 0.3 is 0 Å². The summed E-state index contributed by atoms with van der Waals surface area (Å²) in [5.41, 5.74) is 6.55. The molecule has 0 atom stereocenters. The summed E-state index contributed by atoms with van der Waals surface area (Å²) in [7, 11) is -7.53. The average Bonchev–Trinajstić information content (AvgIpc) is 3.09. The lowest BCUT2D eigenvalue weighted by molar-refractivity contribution is 0.596. The second kappa shape index (κ2) is 10.7. The van der Waals surface area contributed by atoms with Crippen molar-refractivity contribution in [1.29, 1.82) is 0 Å². The predicted octanol–water partition coefficient (Wildman–Crippen LogP) is 7.73. The molecule has 6 aromatic rings. The summed E-state index contributed by atoms with van der Waals surface area (Å²) in [6.07, 6.45) is 0. The molecule has 0 saturated carbocycles. The molecule has 0 radical (unpaired) electrons. The zero-order valence-corrected chi connectivity index (χ0v) is 29.8. The van der Waals surface area contributed by atoms with Gasteiger partial charge in [0.25, 0.3) is 0 Å². The van der Waals surface area contributed by atoms with Crippen LogP contribution in [0.1, 0.15) is 0 Å². The fraction of sp³-hybridized carbons (Fsp3) is 0.100. The van der Waals surface area contributed by atoms with E-state index in [1.165, 1.54) is 43.5 Å². The van der Waals surface area contributed by atoms with Crippen molar-refractivity contribution >= 4 is 80.9 Å². The highest BCUT2D eigenvalue weighted by Gasteiger charge is 2.39. The van der Waals surface area contributed by atoms with Gasteiger partial charge in [0.2, 0.25) is 9.84 Å². The topological polar surface area (TPSA) is 40.6 Å². The first kappa shape index (κ1) is 29.7.